The molecule has 3 aromatic rings. The first-order valence-electron chi connectivity index (χ1n) is 10.2. The van der Waals surface area contributed by atoms with Gasteiger partial charge in [-0.3, -0.25) is 9.69 Å². The molecule has 28 heavy (non-hydrogen) atoms. The summed E-state index contributed by atoms with van der Waals surface area (Å²) in [6.07, 6.45) is 2.91. The molecule has 2 saturated heterocycles. The third-order valence-electron chi connectivity index (χ3n) is 6.62. The van der Waals surface area contributed by atoms with E-state index in [1.807, 2.05) is 30.3 Å². The second-order valence-electron chi connectivity index (χ2n) is 8.36. The van der Waals surface area contributed by atoms with Crippen molar-refractivity contribution in [1.82, 2.24) is 10.2 Å². The van der Waals surface area contributed by atoms with Gasteiger partial charge in [-0.1, -0.05) is 48.5 Å². The number of benzene rings is 2. The molecule has 0 bridgehead atoms. The molecule has 5 rings (SSSR count). The zero-order chi connectivity index (χ0) is 19.1. The lowest BCUT2D eigenvalue weighted by Crippen LogP contribution is -2.50. The number of hydrogen-bond acceptors (Lipinski definition) is 3. The van der Waals surface area contributed by atoms with Crippen molar-refractivity contribution in [3.8, 4) is 0 Å². The van der Waals surface area contributed by atoms with Crippen LogP contribution in [-0.2, 0) is 11.3 Å². The first-order chi connectivity index (χ1) is 13.6. The summed E-state index contributed by atoms with van der Waals surface area (Å²) in [6, 6.07) is 18.4. The van der Waals surface area contributed by atoms with Crippen molar-refractivity contribution in [1.29, 1.82) is 0 Å². The Kier molecular flexibility index (Phi) is 4.24. The number of nitrogens with zero attached hydrogens (tertiary/aromatic N) is 1. The molecule has 2 aromatic carbocycles. The molecule has 1 spiro atoms. The van der Waals surface area contributed by atoms with Gasteiger partial charge in [0.2, 0.25) is 5.91 Å². The molecule has 1 amide bonds. The summed E-state index contributed by atoms with van der Waals surface area (Å²) in [5, 5.41) is 4.55. The summed E-state index contributed by atoms with van der Waals surface area (Å²) in [5.74, 6) is 1.24. The fourth-order valence-corrected chi connectivity index (χ4v) is 4.88. The second-order valence-corrected chi connectivity index (χ2v) is 8.36. The summed E-state index contributed by atoms with van der Waals surface area (Å²) < 4.78 is 6.10. The van der Waals surface area contributed by atoms with Crippen LogP contribution in [0.5, 0.6) is 0 Å². The number of hydrogen-bond donors (Lipinski definition) is 1. The van der Waals surface area contributed by atoms with Crippen molar-refractivity contribution in [3.05, 3.63) is 71.5 Å². The highest BCUT2D eigenvalue weighted by Gasteiger charge is 2.46. The summed E-state index contributed by atoms with van der Waals surface area (Å²) >= 11 is 0. The number of para-hydroxylation sites is 1. The van der Waals surface area contributed by atoms with Gasteiger partial charge in [-0.2, -0.15) is 0 Å². The quantitative estimate of drug-likeness (QED) is 0.740. The number of nitrogens with one attached hydrogen (secondary N) is 1. The highest BCUT2D eigenvalue weighted by Crippen LogP contribution is 2.39. The van der Waals surface area contributed by atoms with E-state index < -0.39 is 0 Å². The van der Waals surface area contributed by atoms with Crippen LogP contribution < -0.4 is 5.32 Å². The summed E-state index contributed by atoms with van der Waals surface area (Å²) in [4.78, 5) is 15.1. The lowest BCUT2D eigenvalue weighted by Gasteiger charge is -2.39. The fraction of sp³-hybridized carbons (Fsp3) is 0.375. The van der Waals surface area contributed by atoms with Crippen LogP contribution in [0.3, 0.4) is 0 Å². The number of carbonyl (C=O) groups excluding carboxylic acids is 1. The molecule has 1 atom stereocenters. The summed E-state index contributed by atoms with van der Waals surface area (Å²) in [6.45, 7) is 4.96. The van der Waals surface area contributed by atoms with E-state index in [1.54, 1.807) is 0 Å². The van der Waals surface area contributed by atoms with Gasteiger partial charge in [-0.25, -0.2) is 0 Å². The van der Waals surface area contributed by atoms with Crippen LogP contribution in [0.15, 0.2) is 59.0 Å². The van der Waals surface area contributed by atoms with Gasteiger partial charge in [-0.05, 0) is 43.4 Å². The summed E-state index contributed by atoms with van der Waals surface area (Å²) in [5.41, 5.74) is 3.31. The third kappa shape index (κ3) is 3.02. The maximum Gasteiger partial charge on any atom is 0.228 e. The number of carbonyl (C=O) groups is 1. The van der Waals surface area contributed by atoms with E-state index >= 15 is 0 Å². The maximum absolute atomic E-state index is 12.6. The maximum atomic E-state index is 12.6. The number of amides is 1. The average molecular weight is 374 g/mol. The van der Waals surface area contributed by atoms with Gasteiger partial charge in [0, 0.05) is 24.0 Å². The van der Waals surface area contributed by atoms with Gasteiger partial charge in [-0.15, -0.1) is 0 Å². The van der Waals surface area contributed by atoms with Crippen molar-refractivity contribution >= 4 is 16.9 Å². The highest BCUT2D eigenvalue weighted by molar-refractivity contribution is 5.87. The van der Waals surface area contributed by atoms with E-state index in [0.717, 1.165) is 55.8 Å². The van der Waals surface area contributed by atoms with E-state index in [2.05, 4.69) is 41.4 Å². The Labute approximate surface area is 165 Å². The minimum atomic E-state index is -0.0446. The average Bonchev–Trinajstić information content (AvgIpc) is 3.22. The molecule has 1 unspecified atom stereocenters. The molecular formula is C24H26N2O2. The standard InChI is InChI=1S/C24H26N2O2/c1-17-19-9-5-6-10-21(19)28-22(17)16-26-13-11-24(12-14-26)15-20(23(27)25-24)18-7-3-2-4-8-18/h2-10,20H,11-16H2,1H3,(H,25,27). The number of likely N-dealkylation sites (tertiary alicyclic amines) is 1. The Morgan fingerprint density at radius 2 is 1.79 bits per heavy atom. The second kappa shape index (κ2) is 6.78. The number of piperidine rings is 1. The predicted molar refractivity (Wildman–Crippen MR) is 110 cm³/mol. The van der Waals surface area contributed by atoms with Crippen LogP contribution in [0, 0.1) is 6.92 Å². The number of aryl methyl sites for hydroxylation is 1. The first kappa shape index (κ1) is 17.5. The van der Waals surface area contributed by atoms with Crippen LogP contribution in [0.2, 0.25) is 0 Å². The van der Waals surface area contributed by atoms with Crippen molar-refractivity contribution in [2.24, 2.45) is 0 Å². The number of furan rings is 1. The number of rotatable bonds is 3. The molecule has 144 valence electrons. The normalized spacial score (nSPS) is 22.0. The summed E-state index contributed by atoms with van der Waals surface area (Å²) in [7, 11) is 0. The molecule has 2 aliphatic heterocycles. The minimum absolute atomic E-state index is 0.00892. The molecule has 0 saturated carbocycles. The van der Waals surface area contributed by atoms with Gasteiger partial charge in [0.25, 0.3) is 0 Å². The van der Waals surface area contributed by atoms with Gasteiger partial charge >= 0.3 is 0 Å². The van der Waals surface area contributed by atoms with Crippen LogP contribution in [-0.4, -0.2) is 29.4 Å². The van der Waals surface area contributed by atoms with E-state index in [1.165, 1.54) is 10.9 Å². The van der Waals surface area contributed by atoms with Crippen LogP contribution in [0.25, 0.3) is 11.0 Å². The SMILES string of the molecule is Cc1c(CN2CCC3(CC2)CC(c2ccccc2)C(=O)N3)oc2ccccc12. The number of fused-ring (bicyclic) bond motifs is 1. The first-order valence-corrected chi connectivity index (χ1v) is 10.2. The molecule has 4 nitrogen and oxygen atoms in total. The van der Waals surface area contributed by atoms with E-state index in [0.29, 0.717) is 0 Å². The molecule has 2 fully saturated rings. The fourth-order valence-electron chi connectivity index (χ4n) is 4.88. The van der Waals surface area contributed by atoms with Gasteiger partial charge in [0.05, 0.1) is 12.5 Å². The highest BCUT2D eigenvalue weighted by atomic mass is 16.3. The molecule has 0 radical (unpaired) electrons. The lowest BCUT2D eigenvalue weighted by molar-refractivity contribution is -0.121. The van der Waals surface area contributed by atoms with Gasteiger partial charge < -0.3 is 9.73 Å². The van der Waals surface area contributed by atoms with Crippen LogP contribution in [0.4, 0.5) is 0 Å². The molecule has 2 aliphatic rings. The van der Waals surface area contributed by atoms with Crippen LogP contribution >= 0.6 is 0 Å². The Morgan fingerprint density at radius 1 is 1.07 bits per heavy atom. The van der Waals surface area contributed by atoms with E-state index in [4.69, 9.17) is 4.42 Å². The Hall–Kier alpha value is -2.59. The molecule has 3 heterocycles. The zero-order valence-electron chi connectivity index (χ0n) is 16.3. The third-order valence-corrected chi connectivity index (χ3v) is 6.62. The zero-order valence-corrected chi connectivity index (χ0v) is 16.3. The van der Waals surface area contributed by atoms with Crippen LogP contribution in [0.1, 0.15) is 42.1 Å². The molecule has 4 heteroatoms. The smallest absolute Gasteiger partial charge is 0.228 e. The predicted octanol–water partition coefficient (Wildman–Crippen LogP) is 4.38. The van der Waals surface area contributed by atoms with Crippen molar-refractivity contribution in [2.45, 2.75) is 44.2 Å². The topological polar surface area (TPSA) is 45.5 Å². The minimum Gasteiger partial charge on any atom is -0.459 e. The monoisotopic (exact) mass is 374 g/mol. The Bertz CT molecular complexity index is 1000. The molecule has 1 N–H and O–H groups in total. The Morgan fingerprint density at radius 3 is 2.54 bits per heavy atom. The lowest BCUT2D eigenvalue weighted by atomic mass is 9.82. The van der Waals surface area contributed by atoms with Crippen molar-refractivity contribution in [2.75, 3.05) is 13.1 Å². The van der Waals surface area contributed by atoms with Crippen molar-refractivity contribution < 1.29 is 9.21 Å². The largest absolute Gasteiger partial charge is 0.459 e. The molecule has 1 aromatic heterocycles. The van der Waals surface area contributed by atoms with E-state index in [-0.39, 0.29) is 17.4 Å². The van der Waals surface area contributed by atoms with E-state index in [9.17, 15) is 4.79 Å². The Balaban J connectivity index is 1.26. The van der Waals surface area contributed by atoms with Crippen molar-refractivity contribution in [3.63, 3.8) is 0 Å². The van der Waals surface area contributed by atoms with Gasteiger partial charge in [0.15, 0.2) is 0 Å². The molecule has 0 aliphatic carbocycles. The molecular weight excluding hydrogens is 348 g/mol. The van der Waals surface area contributed by atoms with Gasteiger partial charge in [0.1, 0.15) is 11.3 Å².